The molecule has 0 radical (unpaired) electrons. The van der Waals surface area contributed by atoms with Crippen molar-refractivity contribution in [2.45, 2.75) is 5.16 Å². The Hall–Kier alpha value is -3.43. The lowest BCUT2D eigenvalue weighted by Crippen LogP contribution is -2.19. The van der Waals surface area contributed by atoms with Gasteiger partial charge in [-0.05, 0) is 46.8 Å². The van der Waals surface area contributed by atoms with E-state index in [1.807, 2.05) is 54.6 Å². The summed E-state index contributed by atoms with van der Waals surface area (Å²) in [5, 5.41) is 16.6. The number of tetrazole rings is 1. The van der Waals surface area contributed by atoms with E-state index < -0.39 is 0 Å². The monoisotopic (exact) mass is 438 g/mol. The first-order valence-electron chi connectivity index (χ1n) is 8.83. The number of benzene rings is 2. The number of para-hydroxylation sites is 1. The molecule has 10 heteroatoms. The summed E-state index contributed by atoms with van der Waals surface area (Å²) < 4.78 is 7.27. The van der Waals surface area contributed by atoms with Gasteiger partial charge < -0.3 is 4.42 Å². The number of thioether (sulfide) groups is 1. The normalized spacial score (nSPS) is 11.1. The Balaban J connectivity index is 1.31. The lowest BCUT2D eigenvalue weighted by atomic mass is 10.2. The number of nitrogens with one attached hydrogen (secondary N) is 1. The number of hydrogen-bond acceptors (Lipinski definition) is 7. The lowest BCUT2D eigenvalue weighted by Gasteiger charge is -2.03. The van der Waals surface area contributed by atoms with E-state index >= 15 is 0 Å². The second-order valence-corrected chi connectivity index (χ2v) is 7.38. The van der Waals surface area contributed by atoms with Crippen molar-refractivity contribution >= 4 is 35.5 Å². The van der Waals surface area contributed by atoms with E-state index in [0.717, 1.165) is 11.3 Å². The minimum Gasteiger partial charge on any atom is -0.455 e. The molecule has 0 bridgehead atoms. The highest BCUT2D eigenvalue weighted by Crippen LogP contribution is 2.24. The largest absolute Gasteiger partial charge is 0.455 e. The van der Waals surface area contributed by atoms with Crippen LogP contribution in [0.5, 0.6) is 0 Å². The second-order valence-electron chi connectivity index (χ2n) is 6.00. The molecule has 0 saturated heterocycles. The first kappa shape index (κ1) is 19.9. The minimum absolute atomic E-state index is 0.108. The molecule has 0 unspecified atom stereocenters. The molecule has 4 rings (SSSR count). The average molecular weight is 439 g/mol. The Morgan fingerprint density at radius 2 is 2.03 bits per heavy atom. The number of nitrogens with zero attached hydrogens (tertiary/aromatic N) is 5. The molecule has 0 atom stereocenters. The Morgan fingerprint density at radius 3 is 2.87 bits per heavy atom. The predicted octanol–water partition coefficient (Wildman–Crippen LogP) is 3.82. The number of halogens is 1. The van der Waals surface area contributed by atoms with Crippen LogP contribution in [0.3, 0.4) is 0 Å². The number of carbonyl (C=O) groups is 1. The maximum atomic E-state index is 12.1. The first-order valence-corrected chi connectivity index (χ1v) is 10.2. The van der Waals surface area contributed by atoms with E-state index in [4.69, 9.17) is 16.0 Å². The summed E-state index contributed by atoms with van der Waals surface area (Å²) in [5.74, 6) is 0.983. The molecule has 150 valence electrons. The van der Waals surface area contributed by atoms with Gasteiger partial charge >= 0.3 is 0 Å². The third-order valence-corrected chi connectivity index (χ3v) is 5.05. The van der Waals surface area contributed by atoms with Gasteiger partial charge in [-0.1, -0.05) is 53.7 Å². The highest BCUT2D eigenvalue weighted by Gasteiger charge is 2.11. The van der Waals surface area contributed by atoms with Gasteiger partial charge in [-0.2, -0.15) is 9.78 Å². The Morgan fingerprint density at radius 1 is 1.17 bits per heavy atom. The quantitative estimate of drug-likeness (QED) is 0.267. The number of furan rings is 1. The van der Waals surface area contributed by atoms with E-state index in [1.165, 1.54) is 18.0 Å². The van der Waals surface area contributed by atoms with Crippen LogP contribution in [0.4, 0.5) is 0 Å². The smallest absolute Gasteiger partial charge is 0.250 e. The van der Waals surface area contributed by atoms with Crippen LogP contribution in [0.15, 0.2) is 81.4 Å². The SMILES string of the molecule is O=C(CSc1nnnn1-c1ccccc1)NN=Cc1ccc(-c2cccc(Cl)c2)o1. The number of carbonyl (C=O) groups excluding carboxylic acids is 1. The molecule has 30 heavy (non-hydrogen) atoms. The summed E-state index contributed by atoms with van der Waals surface area (Å²) in [5.41, 5.74) is 4.14. The Labute approximate surface area is 180 Å². The predicted molar refractivity (Wildman–Crippen MR) is 115 cm³/mol. The summed E-state index contributed by atoms with van der Waals surface area (Å²) in [6, 6.07) is 20.4. The molecule has 1 amide bonds. The van der Waals surface area contributed by atoms with Gasteiger partial charge in [0.2, 0.25) is 5.16 Å². The van der Waals surface area contributed by atoms with E-state index in [2.05, 4.69) is 26.1 Å². The zero-order valence-corrected chi connectivity index (χ0v) is 17.0. The van der Waals surface area contributed by atoms with Crippen LogP contribution < -0.4 is 5.43 Å². The Kier molecular flexibility index (Phi) is 6.21. The summed E-state index contributed by atoms with van der Waals surface area (Å²) in [6.45, 7) is 0. The molecular weight excluding hydrogens is 424 g/mol. The molecule has 0 aliphatic heterocycles. The molecule has 4 aromatic rings. The van der Waals surface area contributed by atoms with Crippen molar-refractivity contribution < 1.29 is 9.21 Å². The van der Waals surface area contributed by atoms with Crippen LogP contribution in [-0.4, -0.2) is 38.1 Å². The first-order chi connectivity index (χ1) is 14.7. The standard InChI is InChI=1S/C20H15ClN6O2S/c21-15-6-4-5-14(11-15)18-10-9-17(29-18)12-22-23-19(28)13-30-20-24-25-26-27(20)16-7-2-1-3-8-16/h1-12H,13H2,(H,23,28). The number of hydrogen-bond donors (Lipinski definition) is 1. The van der Waals surface area contributed by atoms with E-state index in [0.29, 0.717) is 21.7 Å². The maximum absolute atomic E-state index is 12.1. The zero-order chi connectivity index (χ0) is 20.8. The van der Waals surface area contributed by atoms with Crippen LogP contribution >= 0.6 is 23.4 Å². The maximum Gasteiger partial charge on any atom is 0.250 e. The number of rotatable bonds is 7. The highest BCUT2D eigenvalue weighted by atomic mass is 35.5. The van der Waals surface area contributed by atoms with E-state index in [-0.39, 0.29) is 11.7 Å². The van der Waals surface area contributed by atoms with Gasteiger partial charge in [-0.25, -0.2) is 5.43 Å². The number of aromatic nitrogens is 4. The van der Waals surface area contributed by atoms with Gasteiger partial charge in [0.1, 0.15) is 11.5 Å². The van der Waals surface area contributed by atoms with Gasteiger partial charge in [0.15, 0.2) is 0 Å². The molecule has 0 fully saturated rings. The second kappa shape index (κ2) is 9.38. The third kappa shape index (κ3) is 4.94. The lowest BCUT2D eigenvalue weighted by molar-refractivity contribution is -0.118. The molecule has 2 aromatic heterocycles. The summed E-state index contributed by atoms with van der Waals surface area (Å²) in [4.78, 5) is 12.1. The number of amides is 1. The topological polar surface area (TPSA) is 98.2 Å². The molecule has 8 nitrogen and oxygen atoms in total. The zero-order valence-electron chi connectivity index (χ0n) is 15.5. The average Bonchev–Trinajstić information content (AvgIpc) is 3.43. The third-order valence-electron chi connectivity index (χ3n) is 3.89. The highest BCUT2D eigenvalue weighted by molar-refractivity contribution is 7.99. The fourth-order valence-electron chi connectivity index (χ4n) is 2.55. The van der Waals surface area contributed by atoms with Crippen molar-refractivity contribution in [1.29, 1.82) is 0 Å². The van der Waals surface area contributed by atoms with Crippen molar-refractivity contribution in [3.8, 4) is 17.0 Å². The van der Waals surface area contributed by atoms with Gasteiger partial charge in [0, 0.05) is 10.6 Å². The molecule has 0 saturated carbocycles. The molecule has 0 spiro atoms. The minimum atomic E-state index is -0.291. The summed E-state index contributed by atoms with van der Waals surface area (Å²) in [6.07, 6.45) is 1.44. The fraction of sp³-hybridized carbons (Fsp3) is 0.0500. The van der Waals surface area contributed by atoms with E-state index in [9.17, 15) is 4.79 Å². The number of hydrazone groups is 1. The van der Waals surface area contributed by atoms with Crippen molar-refractivity contribution in [3.63, 3.8) is 0 Å². The molecule has 0 aliphatic rings. The van der Waals surface area contributed by atoms with Crippen LogP contribution in [0.25, 0.3) is 17.0 Å². The van der Waals surface area contributed by atoms with Crippen molar-refractivity contribution in [1.82, 2.24) is 25.6 Å². The van der Waals surface area contributed by atoms with Crippen molar-refractivity contribution in [2.75, 3.05) is 5.75 Å². The van der Waals surface area contributed by atoms with Gasteiger partial charge in [-0.15, -0.1) is 5.10 Å². The molecule has 2 heterocycles. The molecule has 1 N–H and O–H groups in total. The summed E-state index contributed by atoms with van der Waals surface area (Å²) in [7, 11) is 0. The van der Waals surface area contributed by atoms with Crippen LogP contribution in [0.1, 0.15) is 5.76 Å². The molecular formula is C20H15ClN6O2S. The van der Waals surface area contributed by atoms with Crippen LogP contribution in [-0.2, 0) is 4.79 Å². The van der Waals surface area contributed by atoms with Gasteiger partial charge in [0.05, 0.1) is 17.7 Å². The van der Waals surface area contributed by atoms with Crippen LogP contribution in [0, 0.1) is 0 Å². The van der Waals surface area contributed by atoms with Crippen molar-refractivity contribution in [3.05, 3.63) is 77.5 Å². The van der Waals surface area contributed by atoms with Crippen molar-refractivity contribution in [2.24, 2.45) is 5.10 Å². The van der Waals surface area contributed by atoms with Gasteiger partial charge in [0.25, 0.3) is 5.91 Å². The molecule has 0 aliphatic carbocycles. The summed E-state index contributed by atoms with van der Waals surface area (Å²) >= 11 is 7.21. The van der Waals surface area contributed by atoms with E-state index in [1.54, 1.807) is 16.8 Å². The van der Waals surface area contributed by atoms with Gasteiger partial charge in [-0.3, -0.25) is 4.79 Å². The molecule has 2 aromatic carbocycles. The Bertz CT molecular complexity index is 1170. The fourth-order valence-corrected chi connectivity index (χ4v) is 3.42. The van der Waals surface area contributed by atoms with Crippen LogP contribution in [0.2, 0.25) is 5.02 Å².